The second-order valence-electron chi connectivity index (χ2n) is 6.12. The highest BCUT2D eigenvalue weighted by atomic mass is 16.3. The lowest BCUT2D eigenvalue weighted by atomic mass is 10.2. The summed E-state index contributed by atoms with van der Waals surface area (Å²) in [7, 11) is 0. The Labute approximate surface area is 136 Å². The van der Waals surface area contributed by atoms with Crippen molar-refractivity contribution in [2.75, 3.05) is 6.54 Å². The molecule has 0 bridgehead atoms. The summed E-state index contributed by atoms with van der Waals surface area (Å²) in [5.41, 5.74) is 2.14. The van der Waals surface area contributed by atoms with Crippen LogP contribution in [0.25, 0.3) is 0 Å². The molecule has 1 atom stereocenters. The van der Waals surface area contributed by atoms with E-state index in [0.717, 1.165) is 36.3 Å². The molecule has 122 valence electrons. The van der Waals surface area contributed by atoms with Crippen molar-refractivity contribution in [3.8, 4) is 0 Å². The Morgan fingerprint density at radius 3 is 2.87 bits per heavy atom. The van der Waals surface area contributed by atoms with Crippen molar-refractivity contribution in [1.29, 1.82) is 0 Å². The van der Waals surface area contributed by atoms with Gasteiger partial charge >= 0.3 is 6.03 Å². The van der Waals surface area contributed by atoms with Gasteiger partial charge in [0, 0.05) is 24.5 Å². The first-order valence-corrected chi connectivity index (χ1v) is 8.16. The van der Waals surface area contributed by atoms with Crippen molar-refractivity contribution in [1.82, 2.24) is 15.2 Å². The summed E-state index contributed by atoms with van der Waals surface area (Å²) >= 11 is 0. The van der Waals surface area contributed by atoms with E-state index >= 15 is 0 Å². The van der Waals surface area contributed by atoms with E-state index in [2.05, 4.69) is 16.4 Å². The molecule has 0 aromatic carbocycles. The first-order chi connectivity index (χ1) is 11.1. The van der Waals surface area contributed by atoms with E-state index in [1.165, 1.54) is 0 Å². The fourth-order valence-electron chi connectivity index (χ4n) is 2.73. The first kappa shape index (κ1) is 15.6. The third-order valence-corrected chi connectivity index (χ3v) is 4.21. The summed E-state index contributed by atoms with van der Waals surface area (Å²) in [4.78, 5) is 18.7. The van der Waals surface area contributed by atoms with Crippen molar-refractivity contribution in [3.63, 3.8) is 0 Å². The van der Waals surface area contributed by atoms with Gasteiger partial charge in [-0.1, -0.05) is 6.07 Å². The van der Waals surface area contributed by atoms with Crippen LogP contribution in [0.15, 0.2) is 41.1 Å². The highest BCUT2D eigenvalue weighted by Crippen LogP contribution is 2.34. The van der Waals surface area contributed by atoms with Crippen LogP contribution in [-0.2, 0) is 6.42 Å². The maximum Gasteiger partial charge on any atom is 0.318 e. The maximum atomic E-state index is 12.6. The summed E-state index contributed by atoms with van der Waals surface area (Å²) in [6.45, 7) is 4.59. The molecule has 1 fully saturated rings. The van der Waals surface area contributed by atoms with Gasteiger partial charge in [0.1, 0.15) is 5.76 Å². The number of carbonyl (C=O) groups is 1. The molecular formula is C18H23N3O2. The van der Waals surface area contributed by atoms with Gasteiger partial charge in [0.05, 0.1) is 12.3 Å². The van der Waals surface area contributed by atoms with E-state index in [-0.39, 0.29) is 12.1 Å². The third-order valence-electron chi connectivity index (χ3n) is 4.21. The number of furan rings is 1. The molecule has 2 aromatic heterocycles. The number of rotatable bonds is 6. The highest BCUT2D eigenvalue weighted by Gasteiger charge is 2.37. The standard InChI is InChI=1S/C18H23N3O2/c1-13-5-6-15(12-20-13)9-10-19-18(22)21(16-7-8-16)14(2)17-4-3-11-23-17/h3-6,11-12,14,16H,7-10H2,1-2H3,(H,19,22)/t14-/m0/s1. The topological polar surface area (TPSA) is 58.4 Å². The summed E-state index contributed by atoms with van der Waals surface area (Å²) in [5, 5.41) is 3.03. The number of hydrogen-bond donors (Lipinski definition) is 1. The fraction of sp³-hybridized carbons (Fsp3) is 0.444. The van der Waals surface area contributed by atoms with Gasteiger partial charge < -0.3 is 14.6 Å². The minimum Gasteiger partial charge on any atom is -0.467 e. The average molecular weight is 313 g/mol. The molecule has 0 radical (unpaired) electrons. The largest absolute Gasteiger partial charge is 0.467 e. The zero-order chi connectivity index (χ0) is 16.2. The van der Waals surface area contributed by atoms with Crippen LogP contribution in [0.3, 0.4) is 0 Å². The molecule has 1 N–H and O–H groups in total. The van der Waals surface area contributed by atoms with Gasteiger partial charge in [-0.3, -0.25) is 4.98 Å². The van der Waals surface area contributed by atoms with Crippen LogP contribution in [0, 0.1) is 6.92 Å². The molecule has 3 rings (SSSR count). The fourth-order valence-corrected chi connectivity index (χ4v) is 2.73. The molecule has 0 aliphatic heterocycles. The Balaban J connectivity index is 1.55. The van der Waals surface area contributed by atoms with Crippen molar-refractivity contribution >= 4 is 6.03 Å². The van der Waals surface area contributed by atoms with Gasteiger partial charge in [-0.15, -0.1) is 0 Å². The lowest BCUT2D eigenvalue weighted by Crippen LogP contribution is -2.43. The van der Waals surface area contributed by atoms with Gasteiger partial charge in [0.15, 0.2) is 0 Å². The quantitative estimate of drug-likeness (QED) is 0.888. The molecule has 5 heteroatoms. The van der Waals surface area contributed by atoms with Crippen molar-refractivity contribution in [2.45, 2.75) is 45.2 Å². The number of pyridine rings is 1. The monoisotopic (exact) mass is 313 g/mol. The number of aromatic nitrogens is 1. The second-order valence-corrected chi connectivity index (χ2v) is 6.12. The van der Waals surface area contributed by atoms with Gasteiger partial charge in [0.2, 0.25) is 0 Å². The lowest BCUT2D eigenvalue weighted by Gasteiger charge is -2.28. The molecule has 0 spiro atoms. The molecule has 2 aromatic rings. The van der Waals surface area contributed by atoms with Gasteiger partial charge in [-0.05, 0) is 56.9 Å². The summed E-state index contributed by atoms with van der Waals surface area (Å²) in [6, 6.07) is 8.10. The first-order valence-electron chi connectivity index (χ1n) is 8.16. The van der Waals surface area contributed by atoms with Crippen LogP contribution < -0.4 is 5.32 Å². The number of nitrogens with one attached hydrogen (secondary N) is 1. The normalized spacial score (nSPS) is 15.2. The minimum atomic E-state index is -0.0430. The SMILES string of the molecule is Cc1ccc(CCNC(=O)N(C2CC2)[C@@H](C)c2ccco2)cn1. The summed E-state index contributed by atoms with van der Waals surface area (Å²) < 4.78 is 5.46. The zero-order valence-corrected chi connectivity index (χ0v) is 13.7. The van der Waals surface area contributed by atoms with Gasteiger partial charge in [-0.2, -0.15) is 0 Å². The average Bonchev–Trinajstić information content (AvgIpc) is 3.21. The number of carbonyl (C=O) groups excluding carboxylic acids is 1. The number of amides is 2. The Hall–Kier alpha value is -2.30. The second kappa shape index (κ2) is 6.86. The van der Waals surface area contributed by atoms with E-state index in [1.54, 1.807) is 6.26 Å². The molecule has 2 amide bonds. The number of nitrogens with zero attached hydrogens (tertiary/aromatic N) is 2. The molecule has 1 saturated carbocycles. The van der Waals surface area contributed by atoms with E-state index in [0.29, 0.717) is 12.6 Å². The van der Waals surface area contributed by atoms with Crippen LogP contribution in [0.5, 0.6) is 0 Å². The molecule has 5 nitrogen and oxygen atoms in total. The van der Waals surface area contributed by atoms with Crippen LogP contribution in [0.1, 0.15) is 42.8 Å². The molecule has 23 heavy (non-hydrogen) atoms. The van der Waals surface area contributed by atoms with Crippen molar-refractivity contribution in [2.24, 2.45) is 0 Å². The highest BCUT2D eigenvalue weighted by molar-refractivity contribution is 5.75. The van der Waals surface area contributed by atoms with Crippen LogP contribution in [0.2, 0.25) is 0 Å². The van der Waals surface area contributed by atoms with E-state index in [9.17, 15) is 4.79 Å². The summed E-state index contributed by atoms with van der Waals surface area (Å²) in [5.74, 6) is 0.829. The molecule has 0 saturated heterocycles. The number of urea groups is 1. The Morgan fingerprint density at radius 2 is 2.26 bits per heavy atom. The smallest absolute Gasteiger partial charge is 0.318 e. The van der Waals surface area contributed by atoms with Gasteiger partial charge in [0.25, 0.3) is 0 Å². The molecule has 0 unspecified atom stereocenters. The zero-order valence-electron chi connectivity index (χ0n) is 13.7. The third kappa shape index (κ3) is 3.92. The van der Waals surface area contributed by atoms with Crippen LogP contribution >= 0.6 is 0 Å². The molecule has 1 aliphatic carbocycles. The minimum absolute atomic E-state index is 0.0172. The predicted molar refractivity (Wildman–Crippen MR) is 88.1 cm³/mol. The Bertz CT molecular complexity index is 633. The molecule has 1 aliphatic rings. The van der Waals surface area contributed by atoms with E-state index in [4.69, 9.17) is 4.42 Å². The predicted octanol–water partition coefficient (Wildman–Crippen LogP) is 3.46. The van der Waals surface area contributed by atoms with Crippen molar-refractivity contribution in [3.05, 3.63) is 53.7 Å². The Morgan fingerprint density at radius 1 is 1.43 bits per heavy atom. The van der Waals surface area contributed by atoms with Crippen LogP contribution in [-0.4, -0.2) is 28.5 Å². The number of aryl methyl sites for hydroxylation is 1. The Kier molecular flexibility index (Phi) is 4.65. The summed E-state index contributed by atoms with van der Waals surface area (Å²) in [6.07, 6.45) is 6.44. The number of hydrogen-bond acceptors (Lipinski definition) is 3. The molecular weight excluding hydrogens is 290 g/mol. The molecule has 2 heterocycles. The lowest BCUT2D eigenvalue weighted by molar-refractivity contribution is 0.166. The van der Waals surface area contributed by atoms with E-state index < -0.39 is 0 Å². The van der Waals surface area contributed by atoms with Gasteiger partial charge in [-0.25, -0.2) is 4.79 Å². The van der Waals surface area contributed by atoms with E-state index in [1.807, 2.05) is 43.1 Å². The van der Waals surface area contributed by atoms with Crippen LogP contribution in [0.4, 0.5) is 4.79 Å². The maximum absolute atomic E-state index is 12.6. The van der Waals surface area contributed by atoms with Crippen molar-refractivity contribution < 1.29 is 9.21 Å².